The Labute approximate surface area is 111 Å². The van der Waals surface area contributed by atoms with Gasteiger partial charge in [0.25, 0.3) is 0 Å². The van der Waals surface area contributed by atoms with Gasteiger partial charge in [-0.2, -0.15) is 5.10 Å². The summed E-state index contributed by atoms with van der Waals surface area (Å²) in [4.78, 5) is 0. The normalized spacial score (nSPS) is 25.2. The van der Waals surface area contributed by atoms with Gasteiger partial charge in [-0.05, 0) is 25.0 Å². The molecule has 18 heavy (non-hydrogen) atoms. The molecule has 4 rings (SSSR count). The molecule has 2 bridgehead atoms. The fourth-order valence-corrected chi connectivity index (χ4v) is 3.33. The van der Waals surface area contributed by atoms with E-state index in [1.165, 1.54) is 24.1 Å². The van der Waals surface area contributed by atoms with E-state index < -0.39 is 0 Å². The van der Waals surface area contributed by atoms with Crippen LogP contribution >= 0.6 is 11.6 Å². The van der Waals surface area contributed by atoms with E-state index in [0.29, 0.717) is 12.1 Å². The molecule has 0 aliphatic carbocycles. The first-order valence-electron chi connectivity index (χ1n) is 6.40. The molecule has 1 aromatic carbocycles. The van der Waals surface area contributed by atoms with Crippen LogP contribution in [0.5, 0.6) is 0 Å². The number of hydrogen-bond donors (Lipinski definition) is 2. The van der Waals surface area contributed by atoms with E-state index in [0.717, 1.165) is 22.7 Å². The average molecular weight is 260 g/mol. The third-order valence-corrected chi connectivity index (χ3v) is 4.29. The van der Waals surface area contributed by atoms with Gasteiger partial charge in [-0.25, -0.2) is 0 Å². The lowest BCUT2D eigenvalue weighted by Crippen LogP contribution is -2.31. The first kappa shape index (κ1) is 10.6. The Hall–Kier alpha value is -1.32. The molecule has 1 saturated heterocycles. The third kappa shape index (κ3) is 1.51. The molecule has 2 N–H and O–H groups in total. The third-order valence-electron chi connectivity index (χ3n) is 4.04. The van der Waals surface area contributed by atoms with Gasteiger partial charge >= 0.3 is 0 Å². The molecule has 2 aromatic rings. The van der Waals surface area contributed by atoms with Gasteiger partial charge in [-0.1, -0.05) is 23.7 Å². The molecule has 2 aliphatic heterocycles. The van der Waals surface area contributed by atoms with Gasteiger partial charge in [0.2, 0.25) is 0 Å². The van der Waals surface area contributed by atoms with Gasteiger partial charge in [0, 0.05) is 40.3 Å². The highest BCUT2D eigenvalue weighted by molar-refractivity contribution is 6.30. The van der Waals surface area contributed by atoms with Crippen molar-refractivity contribution in [3.8, 4) is 11.3 Å². The van der Waals surface area contributed by atoms with Crippen LogP contribution in [0.2, 0.25) is 5.02 Å². The lowest BCUT2D eigenvalue weighted by Gasteiger charge is -2.21. The topological polar surface area (TPSA) is 40.7 Å². The zero-order chi connectivity index (χ0) is 12.1. The lowest BCUT2D eigenvalue weighted by molar-refractivity contribution is 0.511. The highest BCUT2D eigenvalue weighted by atomic mass is 35.5. The number of nitrogens with zero attached hydrogens (tertiary/aromatic N) is 1. The minimum absolute atomic E-state index is 0.475. The van der Waals surface area contributed by atoms with Crippen molar-refractivity contribution in [2.75, 3.05) is 0 Å². The zero-order valence-electron chi connectivity index (χ0n) is 9.91. The van der Waals surface area contributed by atoms with Crippen LogP contribution in [0.15, 0.2) is 24.3 Å². The number of aromatic nitrogens is 2. The Bertz CT molecular complexity index is 588. The van der Waals surface area contributed by atoms with Crippen molar-refractivity contribution in [3.63, 3.8) is 0 Å². The maximum atomic E-state index is 5.94. The number of halogens is 1. The summed E-state index contributed by atoms with van der Waals surface area (Å²) in [5.41, 5.74) is 4.90. The summed E-state index contributed by atoms with van der Waals surface area (Å²) in [7, 11) is 0. The molecule has 0 amide bonds. The number of H-pyrrole nitrogens is 1. The summed E-state index contributed by atoms with van der Waals surface area (Å²) in [6.45, 7) is 0. The van der Waals surface area contributed by atoms with Crippen molar-refractivity contribution in [2.24, 2.45) is 0 Å². The van der Waals surface area contributed by atoms with Crippen molar-refractivity contribution < 1.29 is 0 Å². The van der Waals surface area contributed by atoms with E-state index in [4.69, 9.17) is 11.6 Å². The molecular formula is C14H14ClN3. The molecule has 2 aliphatic rings. The Kier molecular flexibility index (Phi) is 2.26. The molecule has 2 unspecified atom stereocenters. The fraction of sp³-hybridized carbons (Fsp3) is 0.357. The summed E-state index contributed by atoms with van der Waals surface area (Å²) < 4.78 is 0. The second kappa shape index (κ2) is 3.84. The highest BCUT2D eigenvalue weighted by Gasteiger charge is 2.35. The Morgan fingerprint density at radius 3 is 2.83 bits per heavy atom. The predicted octanol–water partition coefficient (Wildman–Crippen LogP) is 3.08. The van der Waals surface area contributed by atoms with Gasteiger partial charge in [-0.3, -0.25) is 5.10 Å². The van der Waals surface area contributed by atoms with Crippen LogP contribution in [-0.4, -0.2) is 16.2 Å². The molecule has 0 spiro atoms. The predicted molar refractivity (Wildman–Crippen MR) is 71.6 cm³/mol. The lowest BCUT2D eigenvalue weighted by atomic mass is 9.96. The molecule has 3 heterocycles. The Morgan fingerprint density at radius 2 is 2.00 bits per heavy atom. The van der Waals surface area contributed by atoms with E-state index in [1.807, 2.05) is 24.3 Å². The van der Waals surface area contributed by atoms with E-state index in [1.54, 1.807) is 0 Å². The zero-order valence-corrected chi connectivity index (χ0v) is 10.7. The maximum Gasteiger partial charge on any atom is 0.0971 e. The van der Waals surface area contributed by atoms with Gasteiger partial charge in [0.05, 0.1) is 5.69 Å². The standard InChI is InChI=1S/C14H14ClN3/c15-9-3-1-8(2-4-9)14-13-11-6-5-10(16-11)7-12(13)17-18-14/h1-4,10-11,16H,5-7H2,(H,17,18). The molecule has 1 aromatic heterocycles. The van der Waals surface area contributed by atoms with Crippen LogP contribution < -0.4 is 5.32 Å². The number of aromatic amines is 1. The monoisotopic (exact) mass is 259 g/mol. The minimum atomic E-state index is 0.475. The number of rotatable bonds is 1. The van der Waals surface area contributed by atoms with Crippen LogP contribution in [0.1, 0.15) is 30.1 Å². The SMILES string of the molecule is Clc1ccc(-c2n[nH]c3c2C2CCC(C3)N2)cc1. The second-order valence-corrected chi connectivity index (χ2v) is 5.61. The number of benzene rings is 1. The van der Waals surface area contributed by atoms with Crippen LogP contribution in [0.3, 0.4) is 0 Å². The van der Waals surface area contributed by atoms with Crippen molar-refractivity contribution in [2.45, 2.75) is 31.3 Å². The van der Waals surface area contributed by atoms with Crippen LogP contribution in [-0.2, 0) is 6.42 Å². The Balaban J connectivity index is 1.83. The van der Waals surface area contributed by atoms with E-state index >= 15 is 0 Å². The van der Waals surface area contributed by atoms with Gasteiger partial charge in [0.1, 0.15) is 0 Å². The van der Waals surface area contributed by atoms with Gasteiger partial charge in [0.15, 0.2) is 0 Å². The van der Waals surface area contributed by atoms with E-state index in [9.17, 15) is 0 Å². The summed E-state index contributed by atoms with van der Waals surface area (Å²) in [6, 6.07) is 9.04. The van der Waals surface area contributed by atoms with Crippen LogP contribution in [0.25, 0.3) is 11.3 Å². The van der Waals surface area contributed by atoms with Crippen molar-refractivity contribution in [1.29, 1.82) is 0 Å². The largest absolute Gasteiger partial charge is 0.307 e. The first-order chi connectivity index (χ1) is 8.81. The first-order valence-corrected chi connectivity index (χ1v) is 6.78. The van der Waals surface area contributed by atoms with Gasteiger partial charge < -0.3 is 5.32 Å². The summed E-state index contributed by atoms with van der Waals surface area (Å²) in [5.74, 6) is 0. The fourth-order valence-electron chi connectivity index (χ4n) is 3.20. The average Bonchev–Trinajstić information content (AvgIpc) is 2.96. The minimum Gasteiger partial charge on any atom is -0.307 e. The molecule has 92 valence electrons. The van der Waals surface area contributed by atoms with Crippen molar-refractivity contribution >= 4 is 11.6 Å². The smallest absolute Gasteiger partial charge is 0.0971 e. The molecule has 4 heteroatoms. The molecule has 0 radical (unpaired) electrons. The van der Waals surface area contributed by atoms with Crippen LogP contribution in [0.4, 0.5) is 0 Å². The van der Waals surface area contributed by atoms with E-state index in [-0.39, 0.29) is 0 Å². The quantitative estimate of drug-likeness (QED) is 0.826. The second-order valence-electron chi connectivity index (χ2n) is 5.17. The van der Waals surface area contributed by atoms with Crippen LogP contribution in [0, 0.1) is 0 Å². The van der Waals surface area contributed by atoms with Gasteiger partial charge in [-0.15, -0.1) is 0 Å². The number of nitrogens with one attached hydrogen (secondary N) is 2. The summed E-state index contributed by atoms with van der Waals surface area (Å²) in [6.07, 6.45) is 3.57. The highest BCUT2D eigenvalue weighted by Crippen LogP contribution is 2.40. The Morgan fingerprint density at radius 1 is 1.17 bits per heavy atom. The molecule has 1 fully saturated rings. The molecule has 2 atom stereocenters. The van der Waals surface area contributed by atoms with Crippen molar-refractivity contribution in [3.05, 3.63) is 40.5 Å². The maximum absolute atomic E-state index is 5.94. The molecule has 0 saturated carbocycles. The van der Waals surface area contributed by atoms with Crippen molar-refractivity contribution in [1.82, 2.24) is 15.5 Å². The molecule has 3 nitrogen and oxygen atoms in total. The number of fused-ring (bicyclic) bond motifs is 4. The molecular weight excluding hydrogens is 246 g/mol. The number of hydrogen-bond acceptors (Lipinski definition) is 2. The summed E-state index contributed by atoms with van der Waals surface area (Å²) in [5, 5.41) is 12.2. The summed E-state index contributed by atoms with van der Waals surface area (Å²) >= 11 is 5.94. The van der Waals surface area contributed by atoms with E-state index in [2.05, 4.69) is 15.5 Å².